The van der Waals surface area contributed by atoms with Crippen LogP contribution in [0.3, 0.4) is 0 Å². The zero-order chi connectivity index (χ0) is 8.27. The highest BCUT2D eigenvalue weighted by molar-refractivity contribution is 5.69. The van der Waals surface area contributed by atoms with Crippen LogP contribution in [0, 0.1) is 0 Å². The van der Waals surface area contributed by atoms with Crippen molar-refractivity contribution in [2.45, 2.75) is 6.10 Å². The fourth-order valence-electron chi connectivity index (χ4n) is 0.883. The van der Waals surface area contributed by atoms with E-state index in [2.05, 4.69) is 4.74 Å². The van der Waals surface area contributed by atoms with Crippen molar-refractivity contribution in [1.29, 1.82) is 0 Å². The largest absolute Gasteiger partial charge is 0.464 e. The Morgan fingerprint density at radius 1 is 1.91 bits per heavy atom. The van der Waals surface area contributed by atoms with Crippen molar-refractivity contribution in [2.24, 2.45) is 0 Å². The molecule has 0 aromatic rings. The molecule has 1 heterocycles. The third-order valence-corrected chi connectivity index (χ3v) is 1.41. The summed E-state index contributed by atoms with van der Waals surface area (Å²) in [5.74, 6) is 0. The van der Waals surface area contributed by atoms with E-state index in [-0.39, 0.29) is 18.8 Å². The number of carbonyl (C=O) groups excluding carboxylic acids is 2. The lowest BCUT2D eigenvalue weighted by molar-refractivity contribution is -0.130. The maximum Gasteiger partial charge on any atom is 0.410 e. The Bertz CT molecular complexity index is 170. The summed E-state index contributed by atoms with van der Waals surface area (Å²) in [5, 5.41) is 0. The lowest BCUT2D eigenvalue weighted by atomic mass is 10.4. The van der Waals surface area contributed by atoms with Crippen LogP contribution < -0.4 is 0 Å². The van der Waals surface area contributed by atoms with Crippen molar-refractivity contribution in [3.05, 3.63) is 0 Å². The lowest BCUT2D eigenvalue weighted by Crippen LogP contribution is -2.21. The molecule has 1 aliphatic heterocycles. The van der Waals surface area contributed by atoms with Crippen LogP contribution in [0.1, 0.15) is 0 Å². The Morgan fingerprint density at radius 3 is 3.09 bits per heavy atom. The number of amides is 1. The topological polar surface area (TPSA) is 55.8 Å². The Kier molecular flexibility index (Phi) is 2.30. The van der Waals surface area contributed by atoms with Crippen molar-refractivity contribution < 1.29 is 19.1 Å². The fourth-order valence-corrected chi connectivity index (χ4v) is 0.883. The minimum Gasteiger partial charge on any atom is -0.464 e. The standard InChI is InChI=1S/C6H9NO4/c1-7-2-5(3-10-4-8)11-6(7)9/h4-5H,2-3H2,1H3. The molecule has 1 amide bonds. The van der Waals surface area contributed by atoms with Crippen LogP contribution in [0.15, 0.2) is 0 Å². The molecule has 5 nitrogen and oxygen atoms in total. The molecule has 0 spiro atoms. The molecule has 0 aromatic carbocycles. The van der Waals surface area contributed by atoms with Crippen molar-refractivity contribution in [3.8, 4) is 0 Å². The molecule has 1 unspecified atom stereocenters. The van der Waals surface area contributed by atoms with E-state index >= 15 is 0 Å². The monoisotopic (exact) mass is 159 g/mol. The summed E-state index contributed by atoms with van der Waals surface area (Å²) in [6.07, 6.45) is -0.679. The first-order valence-electron chi connectivity index (χ1n) is 3.21. The summed E-state index contributed by atoms with van der Waals surface area (Å²) in [6, 6.07) is 0. The zero-order valence-electron chi connectivity index (χ0n) is 6.15. The molecule has 1 atom stereocenters. The molecule has 0 aromatic heterocycles. The predicted octanol–water partition coefficient (Wildman–Crippen LogP) is -0.390. The summed E-state index contributed by atoms with van der Waals surface area (Å²) < 4.78 is 9.21. The molecule has 11 heavy (non-hydrogen) atoms. The number of hydrogen-bond acceptors (Lipinski definition) is 4. The highest BCUT2D eigenvalue weighted by atomic mass is 16.6. The zero-order valence-corrected chi connectivity index (χ0v) is 6.15. The summed E-state index contributed by atoms with van der Waals surface area (Å²) in [5.41, 5.74) is 0. The number of likely N-dealkylation sites (N-methyl/N-ethyl adjacent to an activating group) is 1. The average molecular weight is 159 g/mol. The number of nitrogens with zero attached hydrogens (tertiary/aromatic N) is 1. The minimum absolute atomic E-state index is 0.138. The normalized spacial score (nSPS) is 23.2. The molecular formula is C6H9NO4. The van der Waals surface area contributed by atoms with Crippen molar-refractivity contribution in [2.75, 3.05) is 20.2 Å². The van der Waals surface area contributed by atoms with Crippen LogP contribution in [0.2, 0.25) is 0 Å². The molecule has 0 saturated carbocycles. The van der Waals surface area contributed by atoms with Crippen molar-refractivity contribution >= 4 is 12.6 Å². The predicted molar refractivity (Wildman–Crippen MR) is 34.9 cm³/mol. The number of ether oxygens (including phenoxy) is 2. The third kappa shape index (κ3) is 1.83. The van der Waals surface area contributed by atoms with E-state index in [4.69, 9.17) is 4.74 Å². The van der Waals surface area contributed by atoms with Gasteiger partial charge in [-0.05, 0) is 0 Å². The average Bonchev–Trinajstić information content (AvgIpc) is 2.28. The molecule has 0 radical (unpaired) electrons. The maximum atomic E-state index is 10.7. The first-order valence-corrected chi connectivity index (χ1v) is 3.21. The summed E-state index contributed by atoms with van der Waals surface area (Å²) in [4.78, 5) is 21.9. The SMILES string of the molecule is CN1CC(COC=O)OC1=O. The fraction of sp³-hybridized carbons (Fsp3) is 0.667. The summed E-state index contributed by atoms with van der Waals surface area (Å²) >= 11 is 0. The van der Waals surface area contributed by atoms with Gasteiger partial charge in [-0.2, -0.15) is 0 Å². The van der Waals surface area contributed by atoms with Crippen LogP contribution >= 0.6 is 0 Å². The highest BCUT2D eigenvalue weighted by Gasteiger charge is 2.28. The van der Waals surface area contributed by atoms with Gasteiger partial charge in [-0.1, -0.05) is 0 Å². The molecular weight excluding hydrogens is 150 g/mol. The third-order valence-electron chi connectivity index (χ3n) is 1.41. The number of rotatable bonds is 3. The molecule has 1 rings (SSSR count). The first-order chi connectivity index (χ1) is 5.24. The maximum absolute atomic E-state index is 10.7. The molecule has 0 bridgehead atoms. The Hall–Kier alpha value is -1.26. The second-order valence-electron chi connectivity index (χ2n) is 2.32. The van der Waals surface area contributed by atoms with Crippen LogP contribution in [0.5, 0.6) is 0 Å². The molecule has 0 N–H and O–H groups in total. The van der Waals surface area contributed by atoms with Gasteiger partial charge in [0.2, 0.25) is 0 Å². The molecule has 5 heteroatoms. The summed E-state index contributed by atoms with van der Waals surface area (Å²) in [7, 11) is 1.63. The van der Waals surface area contributed by atoms with Gasteiger partial charge in [0.15, 0.2) is 6.10 Å². The van der Waals surface area contributed by atoms with E-state index in [0.29, 0.717) is 13.0 Å². The van der Waals surface area contributed by atoms with E-state index < -0.39 is 0 Å². The van der Waals surface area contributed by atoms with E-state index in [9.17, 15) is 9.59 Å². The number of carbonyl (C=O) groups is 2. The van der Waals surface area contributed by atoms with Gasteiger partial charge in [0.1, 0.15) is 6.61 Å². The highest BCUT2D eigenvalue weighted by Crippen LogP contribution is 2.07. The van der Waals surface area contributed by atoms with Crippen LogP contribution in [-0.2, 0) is 14.3 Å². The Morgan fingerprint density at radius 2 is 2.64 bits per heavy atom. The van der Waals surface area contributed by atoms with Crippen LogP contribution in [0.25, 0.3) is 0 Å². The second kappa shape index (κ2) is 3.23. The van der Waals surface area contributed by atoms with E-state index in [1.807, 2.05) is 0 Å². The smallest absolute Gasteiger partial charge is 0.410 e. The van der Waals surface area contributed by atoms with Crippen LogP contribution in [0.4, 0.5) is 4.79 Å². The molecule has 0 aliphatic carbocycles. The van der Waals surface area contributed by atoms with E-state index in [1.54, 1.807) is 7.05 Å². The van der Waals surface area contributed by atoms with Gasteiger partial charge >= 0.3 is 6.09 Å². The lowest BCUT2D eigenvalue weighted by Gasteiger charge is -2.04. The van der Waals surface area contributed by atoms with E-state index in [1.165, 1.54) is 4.90 Å². The van der Waals surface area contributed by atoms with Gasteiger partial charge in [-0.15, -0.1) is 0 Å². The minimum atomic E-state index is -0.371. The molecule has 1 aliphatic rings. The molecule has 1 fully saturated rings. The van der Waals surface area contributed by atoms with Gasteiger partial charge in [0, 0.05) is 7.05 Å². The van der Waals surface area contributed by atoms with Crippen molar-refractivity contribution in [3.63, 3.8) is 0 Å². The van der Waals surface area contributed by atoms with Gasteiger partial charge in [-0.3, -0.25) is 4.79 Å². The van der Waals surface area contributed by atoms with Crippen molar-refractivity contribution in [1.82, 2.24) is 4.90 Å². The second-order valence-corrected chi connectivity index (χ2v) is 2.32. The molecule has 1 saturated heterocycles. The first kappa shape index (κ1) is 7.84. The summed E-state index contributed by atoms with van der Waals surface area (Å²) in [6.45, 7) is 0.957. The Balaban J connectivity index is 2.29. The quantitative estimate of drug-likeness (QED) is 0.526. The Labute approximate surface area is 63.9 Å². The van der Waals surface area contributed by atoms with Gasteiger partial charge in [0.25, 0.3) is 6.47 Å². The van der Waals surface area contributed by atoms with E-state index in [0.717, 1.165) is 0 Å². The van der Waals surface area contributed by atoms with Gasteiger partial charge < -0.3 is 14.4 Å². The van der Waals surface area contributed by atoms with Crippen LogP contribution in [-0.4, -0.2) is 43.8 Å². The molecule has 62 valence electrons. The van der Waals surface area contributed by atoms with Gasteiger partial charge in [-0.25, -0.2) is 4.79 Å². The number of cyclic esters (lactones) is 1. The van der Waals surface area contributed by atoms with Gasteiger partial charge in [0.05, 0.1) is 6.54 Å². The number of hydrogen-bond donors (Lipinski definition) is 0.